The molecule has 4 nitrogen and oxygen atoms in total. The molecule has 0 unspecified atom stereocenters. The number of hydrogen-bond acceptors (Lipinski definition) is 4. The van der Waals surface area contributed by atoms with E-state index in [1.54, 1.807) is 0 Å². The van der Waals surface area contributed by atoms with E-state index in [2.05, 4.69) is 28.4 Å². The van der Waals surface area contributed by atoms with Crippen LogP contribution in [0.1, 0.15) is 25.3 Å². The highest BCUT2D eigenvalue weighted by Crippen LogP contribution is 2.27. The maximum atomic E-state index is 6.29. The number of pyridine rings is 1. The van der Waals surface area contributed by atoms with Crippen LogP contribution >= 0.6 is 23.2 Å². The van der Waals surface area contributed by atoms with Gasteiger partial charge >= 0.3 is 0 Å². The number of benzene rings is 2. The third-order valence-electron chi connectivity index (χ3n) is 5.31. The van der Waals surface area contributed by atoms with Gasteiger partial charge in [-0.2, -0.15) is 0 Å². The lowest BCUT2D eigenvalue weighted by molar-refractivity contribution is 0.211. The third kappa shape index (κ3) is 4.95. The molecule has 0 radical (unpaired) electrons. The molecule has 0 bridgehead atoms. The fourth-order valence-electron chi connectivity index (χ4n) is 3.81. The fourth-order valence-corrected chi connectivity index (χ4v) is 4.20. The lowest BCUT2D eigenvalue weighted by Gasteiger charge is -2.32. The Morgan fingerprint density at radius 1 is 1.07 bits per heavy atom. The van der Waals surface area contributed by atoms with Gasteiger partial charge in [-0.25, -0.2) is 4.98 Å². The Bertz CT molecular complexity index is 987. The number of likely N-dealkylation sites (tertiary alicyclic amines) is 1. The number of piperidine rings is 1. The van der Waals surface area contributed by atoms with E-state index in [4.69, 9.17) is 32.9 Å². The summed E-state index contributed by atoms with van der Waals surface area (Å²) in [5, 5.41) is 6.00. The van der Waals surface area contributed by atoms with Gasteiger partial charge in [0.1, 0.15) is 11.6 Å². The molecule has 0 spiro atoms. The van der Waals surface area contributed by atoms with Gasteiger partial charge in [0.25, 0.3) is 0 Å². The molecule has 2 aromatic carbocycles. The van der Waals surface area contributed by atoms with Crippen molar-refractivity contribution < 1.29 is 4.74 Å². The molecule has 1 saturated heterocycles. The molecule has 0 aliphatic carbocycles. The van der Waals surface area contributed by atoms with Crippen molar-refractivity contribution in [2.24, 2.45) is 0 Å². The molecule has 3 aromatic rings. The normalized spacial score (nSPS) is 15.6. The number of aromatic nitrogens is 1. The monoisotopic (exact) mass is 429 g/mol. The minimum atomic E-state index is 0.419. The molecule has 2 heterocycles. The Labute approximate surface area is 181 Å². The molecular formula is C23H25Cl2N3O. The van der Waals surface area contributed by atoms with E-state index in [0.717, 1.165) is 54.9 Å². The molecular weight excluding hydrogens is 405 g/mol. The van der Waals surface area contributed by atoms with E-state index in [1.807, 2.05) is 37.3 Å². The highest BCUT2D eigenvalue weighted by molar-refractivity contribution is 6.35. The molecule has 4 rings (SSSR count). The van der Waals surface area contributed by atoms with Gasteiger partial charge < -0.3 is 10.1 Å². The summed E-state index contributed by atoms with van der Waals surface area (Å²) in [6, 6.07) is 16.5. The van der Waals surface area contributed by atoms with Crippen LogP contribution in [0.25, 0.3) is 10.9 Å². The van der Waals surface area contributed by atoms with E-state index >= 15 is 0 Å². The second-order valence-electron chi connectivity index (χ2n) is 7.40. The second-order valence-corrected chi connectivity index (χ2v) is 8.21. The molecule has 29 heavy (non-hydrogen) atoms. The van der Waals surface area contributed by atoms with Crippen molar-refractivity contribution in [2.75, 3.05) is 25.0 Å². The van der Waals surface area contributed by atoms with Gasteiger partial charge in [-0.05, 0) is 55.7 Å². The molecule has 0 atom stereocenters. The van der Waals surface area contributed by atoms with Crippen LogP contribution in [0.15, 0.2) is 48.5 Å². The first-order chi connectivity index (χ1) is 14.1. The van der Waals surface area contributed by atoms with Gasteiger partial charge in [-0.3, -0.25) is 4.90 Å². The number of nitrogens with zero attached hydrogens (tertiary/aromatic N) is 2. The Balaban J connectivity index is 1.34. The van der Waals surface area contributed by atoms with E-state index in [-0.39, 0.29) is 0 Å². The minimum Gasteiger partial charge on any atom is -0.492 e. The molecule has 1 fully saturated rings. The van der Waals surface area contributed by atoms with Crippen LogP contribution in [0.5, 0.6) is 5.75 Å². The van der Waals surface area contributed by atoms with Crippen LogP contribution in [0.3, 0.4) is 0 Å². The van der Waals surface area contributed by atoms with Gasteiger partial charge in [0.2, 0.25) is 0 Å². The number of hydrogen-bond donors (Lipinski definition) is 1. The average molecular weight is 430 g/mol. The fraction of sp³-hybridized carbons (Fsp3) is 0.348. The Morgan fingerprint density at radius 3 is 2.69 bits per heavy atom. The number of nitrogens with one attached hydrogen (secondary N) is 1. The van der Waals surface area contributed by atoms with Crippen LogP contribution in [0, 0.1) is 0 Å². The van der Waals surface area contributed by atoms with E-state index in [1.165, 1.54) is 5.56 Å². The quantitative estimate of drug-likeness (QED) is 0.519. The molecule has 0 saturated carbocycles. The summed E-state index contributed by atoms with van der Waals surface area (Å²) < 4.78 is 5.61. The zero-order valence-corrected chi connectivity index (χ0v) is 18.0. The molecule has 1 aromatic heterocycles. The number of anilines is 1. The number of ether oxygens (including phenoxy) is 1. The smallest absolute Gasteiger partial charge is 0.138 e. The summed E-state index contributed by atoms with van der Waals surface area (Å²) in [4.78, 5) is 7.18. The van der Waals surface area contributed by atoms with Gasteiger partial charge in [0, 0.05) is 31.1 Å². The maximum Gasteiger partial charge on any atom is 0.138 e. The third-order valence-corrected chi connectivity index (χ3v) is 5.93. The SMILES string of the molecule is CCOc1cc(CN2CCC(Nc3ccc4cccc(Cl)c4n3)CC2)ccc1Cl. The first kappa shape index (κ1) is 20.3. The number of para-hydroxylation sites is 1. The molecule has 1 aliphatic heterocycles. The zero-order valence-electron chi connectivity index (χ0n) is 16.5. The first-order valence-electron chi connectivity index (χ1n) is 10.1. The predicted octanol–water partition coefficient (Wildman–Crippen LogP) is 6.02. The summed E-state index contributed by atoms with van der Waals surface area (Å²) in [6.45, 7) is 5.58. The van der Waals surface area contributed by atoms with Gasteiger partial charge in [-0.15, -0.1) is 0 Å². The minimum absolute atomic E-state index is 0.419. The molecule has 1 aliphatic rings. The number of rotatable bonds is 6. The van der Waals surface area contributed by atoms with Crippen molar-refractivity contribution in [1.82, 2.24) is 9.88 Å². The van der Waals surface area contributed by atoms with Crippen molar-refractivity contribution in [3.63, 3.8) is 0 Å². The highest BCUT2D eigenvalue weighted by Gasteiger charge is 2.20. The van der Waals surface area contributed by atoms with Crippen LogP contribution in [0.2, 0.25) is 10.0 Å². The maximum absolute atomic E-state index is 6.29. The summed E-state index contributed by atoms with van der Waals surface area (Å²) >= 11 is 12.5. The van der Waals surface area contributed by atoms with Crippen LogP contribution in [-0.2, 0) is 6.54 Å². The molecule has 152 valence electrons. The van der Waals surface area contributed by atoms with Crippen molar-refractivity contribution >= 4 is 39.9 Å². The predicted molar refractivity (Wildman–Crippen MR) is 121 cm³/mol. The van der Waals surface area contributed by atoms with Crippen LogP contribution in [-0.4, -0.2) is 35.6 Å². The Kier molecular flexibility index (Phi) is 6.43. The van der Waals surface area contributed by atoms with Gasteiger partial charge in [-0.1, -0.05) is 41.4 Å². The Morgan fingerprint density at radius 2 is 1.90 bits per heavy atom. The largest absolute Gasteiger partial charge is 0.492 e. The average Bonchev–Trinajstić information content (AvgIpc) is 2.73. The Hall–Kier alpha value is -2.01. The summed E-state index contributed by atoms with van der Waals surface area (Å²) in [6.07, 6.45) is 2.16. The van der Waals surface area contributed by atoms with E-state index in [9.17, 15) is 0 Å². The lowest BCUT2D eigenvalue weighted by Crippen LogP contribution is -2.38. The van der Waals surface area contributed by atoms with Crippen molar-refractivity contribution in [1.29, 1.82) is 0 Å². The number of fused-ring (bicyclic) bond motifs is 1. The van der Waals surface area contributed by atoms with Crippen molar-refractivity contribution in [2.45, 2.75) is 32.4 Å². The summed E-state index contributed by atoms with van der Waals surface area (Å²) in [5.74, 6) is 1.66. The van der Waals surface area contributed by atoms with Gasteiger partial charge in [0.15, 0.2) is 0 Å². The van der Waals surface area contributed by atoms with Crippen molar-refractivity contribution in [3.05, 3.63) is 64.1 Å². The van der Waals surface area contributed by atoms with Crippen molar-refractivity contribution in [3.8, 4) is 5.75 Å². The number of halogens is 2. The first-order valence-corrected chi connectivity index (χ1v) is 10.8. The highest BCUT2D eigenvalue weighted by atomic mass is 35.5. The van der Waals surface area contributed by atoms with E-state index in [0.29, 0.717) is 22.7 Å². The summed E-state index contributed by atoms with van der Waals surface area (Å²) in [7, 11) is 0. The van der Waals surface area contributed by atoms with Crippen LogP contribution < -0.4 is 10.1 Å². The zero-order chi connectivity index (χ0) is 20.2. The second kappa shape index (κ2) is 9.21. The lowest BCUT2D eigenvalue weighted by atomic mass is 10.0. The molecule has 1 N–H and O–H groups in total. The summed E-state index contributed by atoms with van der Waals surface area (Å²) in [5.41, 5.74) is 2.08. The van der Waals surface area contributed by atoms with E-state index < -0.39 is 0 Å². The van der Waals surface area contributed by atoms with Crippen LogP contribution in [0.4, 0.5) is 5.82 Å². The standard InChI is InChI=1S/C23H25Cl2N3O/c1-2-29-21-14-16(6-8-19(21)24)15-28-12-10-18(11-13-28)26-22-9-7-17-4-3-5-20(25)23(17)27-22/h3-9,14,18H,2,10-13,15H2,1H3,(H,26,27). The molecule has 6 heteroatoms. The molecule has 0 amide bonds. The topological polar surface area (TPSA) is 37.4 Å². The van der Waals surface area contributed by atoms with Gasteiger partial charge in [0.05, 0.1) is 22.2 Å².